The summed E-state index contributed by atoms with van der Waals surface area (Å²) in [4.78, 5) is 27.1. The molecule has 1 aliphatic rings. The van der Waals surface area contributed by atoms with Crippen LogP contribution in [-0.4, -0.2) is 46.9 Å². The SMILES string of the molecule is CC(=O)CCc1ccc(OCN2C[C@@H](C)N(Cc3ccc(F)cc3)C(=C=O)[C@@H]2C)cc1. The van der Waals surface area contributed by atoms with Gasteiger partial charge in [-0.15, -0.1) is 0 Å². The van der Waals surface area contributed by atoms with E-state index in [0.29, 0.717) is 25.4 Å². The predicted molar refractivity (Wildman–Crippen MR) is 118 cm³/mol. The van der Waals surface area contributed by atoms with Gasteiger partial charge in [0.05, 0.1) is 6.04 Å². The van der Waals surface area contributed by atoms with E-state index in [1.54, 1.807) is 19.1 Å². The van der Waals surface area contributed by atoms with Crippen LogP contribution in [-0.2, 0) is 22.6 Å². The number of piperazine rings is 1. The van der Waals surface area contributed by atoms with E-state index in [1.165, 1.54) is 12.1 Å². The first-order valence-corrected chi connectivity index (χ1v) is 10.6. The van der Waals surface area contributed by atoms with Gasteiger partial charge in [0.2, 0.25) is 0 Å². The Morgan fingerprint density at radius 1 is 1.10 bits per heavy atom. The molecule has 1 saturated heterocycles. The van der Waals surface area contributed by atoms with Gasteiger partial charge in [0.25, 0.3) is 0 Å². The Bertz CT molecular complexity index is 936. The highest BCUT2D eigenvalue weighted by Gasteiger charge is 2.34. The molecule has 31 heavy (non-hydrogen) atoms. The maximum atomic E-state index is 13.2. The van der Waals surface area contributed by atoms with Gasteiger partial charge < -0.3 is 14.4 Å². The average molecular weight is 425 g/mol. The van der Waals surface area contributed by atoms with Crippen LogP contribution in [0.25, 0.3) is 0 Å². The van der Waals surface area contributed by atoms with Gasteiger partial charge in [0.15, 0.2) is 0 Å². The molecule has 0 N–H and O–H groups in total. The molecule has 5 nitrogen and oxygen atoms in total. The molecule has 2 atom stereocenters. The molecular formula is C25H29FN2O3. The van der Waals surface area contributed by atoms with Gasteiger partial charge in [0.1, 0.15) is 35.7 Å². The summed E-state index contributed by atoms with van der Waals surface area (Å²) >= 11 is 0. The molecule has 0 aromatic heterocycles. The van der Waals surface area contributed by atoms with Crippen molar-refractivity contribution in [2.75, 3.05) is 13.3 Å². The molecule has 0 bridgehead atoms. The van der Waals surface area contributed by atoms with E-state index >= 15 is 0 Å². The van der Waals surface area contributed by atoms with Crippen molar-refractivity contribution in [3.8, 4) is 5.75 Å². The van der Waals surface area contributed by atoms with Gasteiger partial charge in [-0.1, -0.05) is 24.3 Å². The van der Waals surface area contributed by atoms with Gasteiger partial charge in [-0.05, 0) is 62.6 Å². The molecule has 6 heteroatoms. The van der Waals surface area contributed by atoms with E-state index in [-0.39, 0.29) is 23.7 Å². The average Bonchev–Trinajstić information content (AvgIpc) is 2.76. The van der Waals surface area contributed by atoms with Crippen molar-refractivity contribution in [1.29, 1.82) is 0 Å². The Kier molecular flexibility index (Phi) is 7.61. The van der Waals surface area contributed by atoms with E-state index in [2.05, 4.69) is 17.8 Å². The number of hydrogen-bond acceptors (Lipinski definition) is 5. The van der Waals surface area contributed by atoms with Crippen LogP contribution in [0.4, 0.5) is 4.39 Å². The fraction of sp³-hybridized carbons (Fsp3) is 0.400. The molecule has 3 rings (SSSR count). The summed E-state index contributed by atoms with van der Waals surface area (Å²) in [5.41, 5.74) is 2.62. The lowest BCUT2D eigenvalue weighted by Gasteiger charge is -2.45. The molecule has 0 saturated carbocycles. The number of aryl methyl sites for hydroxylation is 1. The number of ketones is 1. The highest BCUT2D eigenvalue weighted by atomic mass is 19.1. The number of rotatable bonds is 8. The standard InChI is InChI=1S/C25H29FN2O3/c1-18-14-27(17-31-24-12-8-21(9-13-24)5-4-19(2)30)20(3)25(16-29)28(18)15-22-6-10-23(26)11-7-22/h6-13,18,20H,4-5,14-15,17H2,1-3H3/t18-,20+/m1/s1. The highest BCUT2D eigenvalue weighted by molar-refractivity contribution is 5.75. The lowest BCUT2D eigenvalue weighted by Crippen LogP contribution is -2.55. The summed E-state index contributed by atoms with van der Waals surface area (Å²) < 4.78 is 19.2. The maximum Gasteiger partial charge on any atom is 0.147 e. The van der Waals surface area contributed by atoms with Gasteiger partial charge >= 0.3 is 0 Å². The molecule has 0 unspecified atom stereocenters. The number of nitrogens with zero attached hydrogens (tertiary/aromatic N) is 2. The summed E-state index contributed by atoms with van der Waals surface area (Å²) in [7, 11) is 0. The van der Waals surface area contributed by atoms with Crippen LogP contribution in [0, 0.1) is 5.82 Å². The second-order valence-electron chi connectivity index (χ2n) is 8.16. The van der Waals surface area contributed by atoms with Crippen LogP contribution in [0.3, 0.4) is 0 Å². The van der Waals surface area contributed by atoms with E-state index < -0.39 is 0 Å². The Morgan fingerprint density at radius 2 is 1.74 bits per heavy atom. The van der Waals surface area contributed by atoms with E-state index in [9.17, 15) is 14.0 Å². The van der Waals surface area contributed by atoms with Crippen LogP contribution >= 0.6 is 0 Å². The fourth-order valence-electron chi connectivity index (χ4n) is 3.81. The van der Waals surface area contributed by atoms with Gasteiger partial charge in [-0.25, -0.2) is 9.18 Å². The normalized spacial score (nSPS) is 19.2. The molecule has 0 radical (unpaired) electrons. The Labute approximate surface area is 183 Å². The first-order valence-electron chi connectivity index (χ1n) is 10.6. The molecule has 1 aliphatic heterocycles. The molecule has 0 aliphatic carbocycles. The summed E-state index contributed by atoms with van der Waals surface area (Å²) in [5, 5.41) is 0. The largest absolute Gasteiger partial charge is 0.478 e. The molecule has 2 aromatic carbocycles. The van der Waals surface area contributed by atoms with Crippen LogP contribution in [0.2, 0.25) is 0 Å². The zero-order valence-corrected chi connectivity index (χ0v) is 18.3. The first kappa shape index (κ1) is 22.7. The first-order chi connectivity index (χ1) is 14.9. The number of carbonyl (C=O) groups excluding carboxylic acids is 2. The van der Waals surface area contributed by atoms with E-state index in [1.807, 2.05) is 36.1 Å². The van der Waals surface area contributed by atoms with Crippen molar-refractivity contribution >= 4 is 11.7 Å². The van der Waals surface area contributed by atoms with Gasteiger partial charge in [0, 0.05) is 25.6 Å². The molecule has 0 amide bonds. The van der Waals surface area contributed by atoms with Crippen molar-refractivity contribution in [1.82, 2.24) is 9.80 Å². The van der Waals surface area contributed by atoms with Crippen LogP contribution in [0.15, 0.2) is 54.2 Å². The van der Waals surface area contributed by atoms with Gasteiger partial charge in [-0.3, -0.25) is 4.90 Å². The van der Waals surface area contributed by atoms with Crippen molar-refractivity contribution in [3.63, 3.8) is 0 Å². The third kappa shape index (κ3) is 6.03. The molecule has 164 valence electrons. The molecule has 1 heterocycles. The molecule has 0 spiro atoms. The fourth-order valence-corrected chi connectivity index (χ4v) is 3.81. The minimum atomic E-state index is -0.273. The number of halogens is 1. The highest BCUT2D eigenvalue weighted by Crippen LogP contribution is 2.26. The van der Waals surface area contributed by atoms with E-state index in [0.717, 1.165) is 29.8 Å². The number of ether oxygens (including phenoxy) is 1. The smallest absolute Gasteiger partial charge is 0.147 e. The Hall–Kier alpha value is -2.95. The lowest BCUT2D eigenvalue weighted by molar-refractivity contribution is -0.116. The second kappa shape index (κ2) is 10.4. The summed E-state index contributed by atoms with van der Waals surface area (Å²) in [6.07, 6.45) is 1.27. The second-order valence-corrected chi connectivity index (χ2v) is 8.16. The molecule has 1 fully saturated rings. The van der Waals surface area contributed by atoms with Crippen LogP contribution in [0.5, 0.6) is 5.75 Å². The molecular weight excluding hydrogens is 395 g/mol. The number of Topliss-reactive ketones (excluding diaryl/α,β-unsaturated/α-hetero) is 1. The van der Waals surface area contributed by atoms with Crippen LogP contribution in [0.1, 0.15) is 38.3 Å². The van der Waals surface area contributed by atoms with Gasteiger partial charge in [-0.2, -0.15) is 0 Å². The quantitative estimate of drug-likeness (QED) is 0.600. The van der Waals surface area contributed by atoms with Crippen LogP contribution < -0.4 is 4.74 Å². The summed E-state index contributed by atoms with van der Waals surface area (Å²) in [5.74, 6) is 2.77. The Morgan fingerprint density at radius 3 is 2.35 bits per heavy atom. The maximum absolute atomic E-state index is 13.2. The van der Waals surface area contributed by atoms with Crippen molar-refractivity contribution in [2.45, 2.75) is 52.2 Å². The minimum Gasteiger partial charge on any atom is -0.478 e. The topological polar surface area (TPSA) is 49.9 Å². The van der Waals surface area contributed by atoms with Crippen molar-refractivity contribution in [3.05, 3.63) is 71.2 Å². The monoisotopic (exact) mass is 424 g/mol. The zero-order valence-electron chi connectivity index (χ0n) is 18.3. The van der Waals surface area contributed by atoms with E-state index in [4.69, 9.17) is 4.74 Å². The minimum absolute atomic E-state index is 0.0789. The number of carbonyl (C=O) groups is 1. The predicted octanol–water partition coefficient (Wildman–Crippen LogP) is 3.99. The zero-order chi connectivity index (χ0) is 22.4. The number of benzene rings is 2. The lowest BCUT2D eigenvalue weighted by atomic mass is 10.0. The number of hydrogen-bond donors (Lipinski definition) is 0. The Balaban J connectivity index is 1.60. The van der Waals surface area contributed by atoms with Crippen molar-refractivity contribution < 1.29 is 18.7 Å². The summed E-state index contributed by atoms with van der Waals surface area (Å²) in [6.45, 7) is 7.24. The molecule has 2 aromatic rings. The third-order valence-electron chi connectivity index (χ3n) is 5.74. The summed E-state index contributed by atoms with van der Waals surface area (Å²) in [6, 6.07) is 14.0. The van der Waals surface area contributed by atoms with Crippen molar-refractivity contribution in [2.24, 2.45) is 0 Å². The third-order valence-corrected chi connectivity index (χ3v) is 5.74.